The van der Waals surface area contributed by atoms with Gasteiger partial charge >= 0.3 is 0 Å². The average molecular weight is 294 g/mol. The van der Waals surface area contributed by atoms with Crippen LogP contribution in [0.15, 0.2) is 53.4 Å². The van der Waals surface area contributed by atoms with Crippen LogP contribution in [-0.4, -0.2) is 15.3 Å². The Kier molecular flexibility index (Phi) is 3.23. The number of hydrogen-bond acceptors (Lipinski definition) is 2. The first kappa shape index (κ1) is 13.0. The number of aryl methyl sites for hydroxylation is 1. The lowest BCUT2D eigenvalue weighted by Gasteiger charge is -2.14. The molecule has 1 aliphatic rings. The summed E-state index contributed by atoms with van der Waals surface area (Å²) in [6.07, 6.45) is 0.982. The highest BCUT2D eigenvalue weighted by Gasteiger charge is 2.24. The third-order valence-corrected chi connectivity index (χ3v) is 5.50. The van der Waals surface area contributed by atoms with Gasteiger partial charge in [-0.2, -0.15) is 0 Å². The van der Waals surface area contributed by atoms with Crippen molar-refractivity contribution in [1.82, 2.24) is 9.55 Å². The maximum atomic E-state index is 4.79. The van der Waals surface area contributed by atoms with Gasteiger partial charge in [-0.15, -0.1) is 11.8 Å². The van der Waals surface area contributed by atoms with Crippen molar-refractivity contribution in [2.75, 3.05) is 5.75 Å². The molecule has 1 aromatic heterocycles. The standard InChI is InChI=1S/C18H18N2S/c1-2-18-19-15-8-4-5-9-16(15)20(18)11-13-12-21-17-10-6-3-7-14(13)17/h3-10,13H,2,11-12H2,1H3. The lowest BCUT2D eigenvalue weighted by molar-refractivity contribution is 0.595. The Hall–Kier alpha value is -1.74. The Labute approximate surface area is 129 Å². The second-order valence-corrected chi connectivity index (χ2v) is 6.59. The molecule has 0 radical (unpaired) electrons. The summed E-state index contributed by atoms with van der Waals surface area (Å²) in [6.45, 7) is 3.22. The van der Waals surface area contributed by atoms with Gasteiger partial charge in [0.1, 0.15) is 5.82 Å². The van der Waals surface area contributed by atoms with Crippen molar-refractivity contribution in [3.8, 4) is 0 Å². The number of imidazole rings is 1. The average Bonchev–Trinajstić information content (AvgIpc) is 3.10. The van der Waals surface area contributed by atoms with E-state index in [1.807, 2.05) is 11.8 Å². The van der Waals surface area contributed by atoms with E-state index in [1.54, 1.807) is 0 Å². The smallest absolute Gasteiger partial charge is 0.109 e. The van der Waals surface area contributed by atoms with Crippen molar-refractivity contribution in [3.05, 3.63) is 59.9 Å². The van der Waals surface area contributed by atoms with Gasteiger partial charge in [0, 0.05) is 29.5 Å². The normalized spacial score (nSPS) is 17.3. The molecular weight excluding hydrogens is 276 g/mol. The maximum Gasteiger partial charge on any atom is 0.109 e. The van der Waals surface area contributed by atoms with E-state index in [1.165, 1.54) is 27.6 Å². The van der Waals surface area contributed by atoms with Gasteiger partial charge in [0.25, 0.3) is 0 Å². The molecule has 0 saturated carbocycles. The summed E-state index contributed by atoms with van der Waals surface area (Å²) in [5, 5.41) is 0. The van der Waals surface area contributed by atoms with E-state index < -0.39 is 0 Å². The van der Waals surface area contributed by atoms with Crippen LogP contribution >= 0.6 is 11.8 Å². The van der Waals surface area contributed by atoms with Crippen molar-refractivity contribution in [2.24, 2.45) is 0 Å². The van der Waals surface area contributed by atoms with E-state index in [9.17, 15) is 0 Å². The number of benzene rings is 2. The van der Waals surface area contributed by atoms with Crippen molar-refractivity contribution in [3.63, 3.8) is 0 Å². The molecule has 2 heterocycles. The fourth-order valence-corrected chi connectivity index (χ4v) is 4.44. The molecule has 3 heteroatoms. The van der Waals surface area contributed by atoms with Gasteiger partial charge in [-0.1, -0.05) is 37.3 Å². The Bertz CT molecular complexity index is 791. The molecule has 0 amide bonds. The molecule has 0 bridgehead atoms. The predicted octanol–water partition coefficient (Wildman–Crippen LogP) is 4.49. The zero-order valence-corrected chi connectivity index (χ0v) is 12.9. The Balaban J connectivity index is 1.75. The summed E-state index contributed by atoms with van der Waals surface area (Å²) in [4.78, 5) is 6.23. The van der Waals surface area contributed by atoms with Gasteiger partial charge in [-0.25, -0.2) is 4.98 Å². The minimum Gasteiger partial charge on any atom is -0.327 e. The molecule has 0 saturated heterocycles. The highest BCUT2D eigenvalue weighted by Crippen LogP contribution is 2.40. The van der Waals surface area contributed by atoms with Crippen LogP contribution in [0.2, 0.25) is 0 Å². The minimum atomic E-state index is 0.592. The summed E-state index contributed by atoms with van der Waals surface area (Å²) in [5.41, 5.74) is 3.89. The Morgan fingerprint density at radius 3 is 2.86 bits per heavy atom. The molecule has 0 spiro atoms. The molecule has 0 N–H and O–H groups in total. The number of para-hydroxylation sites is 2. The van der Waals surface area contributed by atoms with E-state index in [0.29, 0.717) is 5.92 Å². The zero-order valence-electron chi connectivity index (χ0n) is 12.1. The van der Waals surface area contributed by atoms with E-state index in [0.717, 1.165) is 18.5 Å². The van der Waals surface area contributed by atoms with E-state index in [-0.39, 0.29) is 0 Å². The Morgan fingerprint density at radius 1 is 1.14 bits per heavy atom. The van der Waals surface area contributed by atoms with Crippen molar-refractivity contribution >= 4 is 22.8 Å². The van der Waals surface area contributed by atoms with Gasteiger partial charge in [-0.3, -0.25) is 0 Å². The second-order valence-electron chi connectivity index (χ2n) is 5.53. The number of aromatic nitrogens is 2. The molecule has 2 aromatic carbocycles. The molecule has 1 aliphatic heterocycles. The topological polar surface area (TPSA) is 17.8 Å². The largest absolute Gasteiger partial charge is 0.327 e. The highest BCUT2D eigenvalue weighted by atomic mass is 32.2. The summed E-state index contributed by atoms with van der Waals surface area (Å²) < 4.78 is 2.42. The molecule has 106 valence electrons. The first-order valence-electron chi connectivity index (χ1n) is 7.52. The van der Waals surface area contributed by atoms with Crippen LogP contribution in [0.4, 0.5) is 0 Å². The minimum absolute atomic E-state index is 0.592. The molecule has 0 aliphatic carbocycles. The fourth-order valence-electron chi connectivity index (χ4n) is 3.20. The number of thioether (sulfide) groups is 1. The van der Waals surface area contributed by atoms with Crippen molar-refractivity contribution in [1.29, 1.82) is 0 Å². The summed E-state index contributed by atoms with van der Waals surface area (Å²) in [7, 11) is 0. The van der Waals surface area contributed by atoms with Crippen LogP contribution in [0.1, 0.15) is 24.2 Å². The number of fused-ring (bicyclic) bond motifs is 2. The quantitative estimate of drug-likeness (QED) is 0.708. The van der Waals surface area contributed by atoms with Gasteiger partial charge in [0.2, 0.25) is 0 Å². The lowest BCUT2D eigenvalue weighted by Crippen LogP contribution is -2.11. The second kappa shape index (κ2) is 5.23. The SMILES string of the molecule is CCc1nc2ccccc2n1CC1CSc2ccccc21. The molecule has 4 rings (SSSR count). The third kappa shape index (κ3) is 2.16. The molecule has 3 aromatic rings. The number of rotatable bonds is 3. The molecule has 0 fully saturated rings. The van der Waals surface area contributed by atoms with E-state index in [4.69, 9.17) is 4.98 Å². The number of hydrogen-bond donors (Lipinski definition) is 0. The molecule has 2 nitrogen and oxygen atoms in total. The third-order valence-electron chi connectivity index (χ3n) is 4.25. The number of nitrogens with zero attached hydrogens (tertiary/aromatic N) is 2. The highest BCUT2D eigenvalue weighted by molar-refractivity contribution is 7.99. The van der Waals surface area contributed by atoms with Crippen molar-refractivity contribution in [2.45, 2.75) is 30.7 Å². The first-order chi connectivity index (χ1) is 10.4. The van der Waals surface area contributed by atoms with Gasteiger partial charge in [0.05, 0.1) is 11.0 Å². The van der Waals surface area contributed by atoms with Crippen LogP contribution in [-0.2, 0) is 13.0 Å². The van der Waals surface area contributed by atoms with Crippen molar-refractivity contribution < 1.29 is 0 Å². The Morgan fingerprint density at radius 2 is 1.95 bits per heavy atom. The molecule has 1 atom stereocenters. The molecule has 1 unspecified atom stereocenters. The van der Waals surface area contributed by atoms with E-state index >= 15 is 0 Å². The lowest BCUT2D eigenvalue weighted by atomic mass is 10.0. The fraction of sp³-hybridized carbons (Fsp3) is 0.278. The maximum absolute atomic E-state index is 4.79. The monoisotopic (exact) mass is 294 g/mol. The van der Waals surface area contributed by atoms with Crippen LogP contribution in [0.25, 0.3) is 11.0 Å². The van der Waals surface area contributed by atoms with Gasteiger partial charge < -0.3 is 4.57 Å². The first-order valence-corrected chi connectivity index (χ1v) is 8.51. The summed E-state index contributed by atoms with van der Waals surface area (Å²) in [5.74, 6) is 2.97. The zero-order chi connectivity index (χ0) is 14.2. The summed E-state index contributed by atoms with van der Waals surface area (Å²) in [6, 6.07) is 17.3. The van der Waals surface area contributed by atoms with Crippen LogP contribution < -0.4 is 0 Å². The summed E-state index contributed by atoms with van der Waals surface area (Å²) >= 11 is 1.98. The predicted molar refractivity (Wildman–Crippen MR) is 89.0 cm³/mol. The van der Waals surface area contributed by atoms with Gasteiger partial charge in [-0.05, 0) is 23.8 Å². The van der Waals surface area contributed by atoms with Crippen LogP contribution in [0.5, 0.6) is 0 Å². The van der Waals surface area contributed by atoms with Gasteiger partial charge in [0.15, 0.2) is 0 Å². The van der Waals surface area contributed by atoms with Crippen LogP contribution in [0, 0.1) is 0 Å². The van der Waals surface area contributed by atoms with Crippen LogP contribution in [0.3, 0.4) is 0 Å². The van der Waals surface area contributed by atoms with E-state index in [2.05, 4.69) is 60.0 Å². The molecule has 21 heavy (non-hydrogen) atoms. The molecular formula is C18H18N2S.